The molecule has 1 aliphatic heterocycles. The van der Waals surface area contributed by atoms with E-state index < -0.39 is 29.3 Å². The first-order valence-electron chi connectivity index (χ1n) is 10.8. The quantitative estimate of drug-likeness (QED) is 0.445. The van der Waals surface area contributed by atoms with Crippen molar-refractivity contribution < 1.29 is 29.3 Å². The third-order valence-corrected chi connectivity index (χ3v) is 5.53. The maximum absolute atomic E-state index is 14.5. The molecule has 0 radical (unpaired) electrons. The fraction of sp³-hybridized carbons (Fsp3) is 0.292. The molecule has 1 atom stereocenters. The SMILES string of the molecule is CCn1cc(C(=O)O)c(=O)c2cc(F)c(N3CCNCC3)cc21.O=C(O)C(O)c1ccccc1. The Kier molecular flexibility index (Phi) is 7.98. The Balaban J connectivity index is 0.000000248. The van der Waals surface area contributed by atoms with Crippen molar-refractivity contribution >= 4 is 28.5 Å². The molecule has 1 aliphatic rings. The predicted octanol–water partition coefficient (Wildman–Crippen LogP) is 2.07. The van der Waals surface area contributed by atoms with Crippen LogP contribution in [-0.4, -0.2) is 58.0 Å². The van der Waals surface area contributed by atoms with Gasteiger partial charge in [-0.3, -0.25) is 4.79 Å². The molecule has 3 aromatic rings. The number of aliphatic carboxylic acids is 1. The number of benzene rings is 2. The molecule has 0 amide bonds. The van der Waals surface area contributed by atoms with Crippen molar-refractivity contribution in [2.75, 3.05) is 31.1 Å². The van der Waals surface area contributed by atoms with Crippen molar-refractivity contribution in [3.05, 3.63) is 75.8 Å². The van der Waals surface area contributed by atoms with Crippen molar-refractivity contribution in [3.8, 4) is 0 Å². The Hall–Kier alpha value is -3.76. The van der Waals surface area contributed by atoms with Gasteiger partial charge in [-0.1, -0.05) is 30.3 Å². The largest absolute Gasteiger partial charge is 0.479 e. The van der Waals surface area contributed by atoms with E-state index in [1.54, 1.807) is 41.0 Å². The number of carboxylic acid groups (broad SMARTS) is 2. The second-order valence-corrected chi connectivity index (χ2v) is 7.67. The summed E-state index contributed by atoms with van der Waals surface area (Å²) in [5, 5.41) is 29.8. The molecule has 4 rings (SSSR count). The van der Waals surface area contributed by atoms with Gasteiger partial charge in [0.25, 0.3) is 0 Å². The maximum atomic E-state index is 14.5. The summed E-state index contributed by atoms with van der Waals surface area (Å²) in [6.07, 6.45) is -0.0805. The van der Waals surface area contributed by atoms with E-state index in [1.807, 2.05) is 11.8 Å². The van der Waals surface area contributed by atoms with Crippen LogP contribution in [0.1, 0.15) is 28.9 Å². The monoisotopic (exact) mass is 471 g/mol. The highest BCUT2D eigenvalue weighted by atomic mass is 19.1. The number of halogens is 1. The van der Waals surface area contributed by atoms with E-state index in [0.717, 1.165) is 19.2 Å². The van der Waals surface area contributed by atoms with Crippen molar-refractivity contribution in [1.29, 1.82) is 0 Å². The maximum Gasteiger partial charge on any atom is 0.341 e. The predicted molar refractivity (Wildman–Crippen MR) is 125 cm³/mol. The molecule has 0 bridgehead atoms. The van der Waals surface area contributed by atoms with Gasteiger partial charge < -0.3 is 30.1 Å². The molecule has 34 heavy (non-hydrogen) atoms. The molecule has 2 aromatic carbocycles. The average Bonchev–Trinajstić information content (AvgIpc) is 2.85. The number of piperazine rings is 1. The smallest absolute Gasteiger partial charge is 0.341 e. The summed E-state index contributed by atoms with van der Waals surface area (Å²) in [6, 6.07) is 11.1. The summed E-state index contributed by atoms with van der Waals surface area (Å²) >= 11 is 0. The zero-order chi connectivity index (χ0) is 24.8. The van der Waals surface area contributed by atoms with Gasteiger partial charge in [0.2, 0.25) is 5.43 Å². The number of aryl methyl sites for hydroxylation is 1. The number of rotatable bonds is 5. The number of fused-ring (bicyclic) bond motifs is 1. The van der Waals surface area contributed by atoms with Crippen LogP contribution in [0, 0.1) is 5.82 Å². The van der Waals surface area contributed by atoms with Gasteiger partial charge in [0.05, 0.1) is 11.2 Å². The summed E-state index contributed by atoms with van der Waals surface area (Å²) in [5.41, 5.74) is 0.415. The highest BCUT2D eigenvalue weighted by Gasteiger charge is 2.20. The normalized spacial score (nSPS) is 14.3. The molecule has 1 fully saturated rings. The topological polar surface area (TPSA) is 132 Å². The number of pyridine rings is 1. The van der Waals surface area contributed by atoms with Gasteiger partial charge in [0.15, 0.2) is 6.10 Å². The number of aliphatic hydroxyl groups is 1. The zero-order valence-corrected chi connectivity index (χ0v) is 18.6. The molecular weight excluding hydrogens is 445 g/mol. The number of nitrogens with zero attached hydrogens (tertiary/aromatic N) is 2. The Labute approximate surface area is 194 Å². The third-order valence-electron chi connectivity index (χ3n) is 5.53. The standard InChI is InChI=1S/C16H18FN3O3.C8H8O3/c1-2-19-9-11(16(22)23)15(21)10-7-12(17)14(8-13(10)19)20-5-3-18-4-6-20;9-7(8(10)11)6-4-2-1-3-5-6/h7-9,18H,2-6H2,1H3,(H,22,23);1-5,7,9H,(H,10,11). The molecule has 0 aliphatic carbocycles. The van der Waals surface area contributed by atoms with Crippen LogP contribution in [0.4, 0.5) is 10.1 Å². The number of aromatic nitrogens is 1. The Morgan fingerprint density at radius 3 is 2.32 bits per heavy atom. The number of aromatic carboxylic acids is 1. The molecule has 0 spiro atoms. The fourth-order valence-corrected chi connectivity index (χ4v) is 3.74. The molecular formula is C24H26FN3O6. The number of hydrogen-bond donors (Lipinski definition) is 4. The number of carbonyl (C=O) groups is 2. The third kappa shape index (κ3) is 5.41. The first-order chi connectivity index (χ1) is 16.2. The van der Waals surface area contributed by atoms with E-state index in [2.05, 4.69) is 5.32 Å². The number of hydrogen-bond acceptors (Lipinski definition) is 6. The number of aliphatic hydroxyl groups excluding tert-OH is 1. The summed E-state index contributed by atoms with van der Waals surface area (Å²) in [4.78, 5) is 35.7. The van der Waals surface area contributed by atoms with Crippen LogP contribution in [0.15, 0.2) is 53.5 Å². The summed E-state index contributed by atoms with van der Waals surface area (Å²) in [6.45, 7) is 5.26. The molecule has 180 valence electrons. The number of carboxylic acids is 2. The van der Waals surface area contributed by atoms with Crippen LogP contribution >= 0.6 is 0 Å². The fourth-order valence-electron chi connectivity index (χ4n) is 3.74. The van der Waals surface area contributed by atoms with Gasteiger partial charge in [-0.05, 0) is 24.6 Å². The van der Waals surface area contributed by atoms with Gasteiger partial charge in [0, 0.05) is 44.3 Å². The van der Waals surface area contributed by atoms with E-state index in [4.69, 9.17) is 15.3 Å². The van der Waals surface area contributed by atoms with Crippen molar-refractivity contribution in [2.24, 2.45) is 0 Å². The number of anilines is 1. The molecule has 2 heterocycles. The molecule has 0 saturated carbocycles. The molecule has 9 nitrogen and oxygen atoms in total. The lowest BCUT2D eigenvalue weighted by Gasteiger charge is -2.30. The highest BCUT2D eigenvalue weighted by Crippen LogP contribution is 2.25. The lowest BCUT2D eigenvalue weighted by molar-refractivity contribution is -0.146. The van der Waals surface area contributed by atoms with Crippen LogP contribution in [0.25, 0.3) is 10.9 Å². The first kappa shape index (κ1) is 24.9. The first-order valence-corrected chi connectivity index (χ1v) is 10.8. The van der Waals surface area contributed by atoms with Gasteiger partial charge in [-0.2, -0.15) is 0 Å². The van der Waals surface area contributed by atoms with E-state index in [0.29, 0.717) is 36.4 Å². The molecule has 1 saturated heterocycles. The molecule has 1 aromatic heterocycles. The van der Waals surface area contributed by atoms with Gasteiger partial charge >= 0.3 is 11.9 Å². The van der Waals surface area contributed by atoms with E-state index >= 15 is 0 Å². The molecule has 10 heteroatoms. The van der Waals surface area contributed by atoms with E-state index in [9.17, 15) is 18.8 Å². The van der Waals surface area contributed by atoms with Crippen LogP contribution in [0.5, 0.6) is 0 Å². The van der Waals surface area contributed by atoms with Gasteiger partial charge in [-0.25, -0.2) is 14.0 Å². The minimum atomic E-state index is -1.41. The van der Waals surface area contributed by atoms with Gasteiger partial charge in [0.1, 0.15) is 11.4 Å². The number of nitrogens with one attached hydrogen (secondary N) is 1. The highest BCUT2D eigenvalue weighted by molar-refractivity contribution is 5.93. The van der Waals surface area contributed by atoms with E-state index in [1.165, 1.54) is 6.20 Å². The summed E-state index contributed by atoms with van der Waals surface area (Å²) in [5.74, 6) is -3.02. The summed E-state index contributed by atoms with van der Waals surface area (Å²) in [7, 11) is 0. The van der Waals surface area contributed by atoms with Gasteiger partial charge in [-0.15, -0.1) is 0 Å². The van der Waals surface area contributed by atoms with Crippen LogP contribution < -0.4 is 15.6 Å². The lowest BCUT2D eigenvalue weighted by Crippen LogP contribution is -2.43. The average molecular weight is 471 g/mol. The van der Waals surface area contributed by atoms with Crippen molar-refractivity contribution in [3.63, 3.8) is 0 Å². The minimum absolute atomic E-state index is 0.100. The van der Waals surface area contributed by atoms with E-state index in [-0.39, 0.29) is 10.9 Å². The minimum Gasteiger partial charge on any atom is -0.479 e. The Bertz CT molecular complexity index is 1240. The Morgan fingerprint density at radius 1 is 1.12 bits per heavy atom. The van der Waals surface area contributed by atoms with Crippen LogP contribution in [0.2, 0.25) is 0 Å². The summed E-state index contributed by atoms with van der Waals surface area (Å²) < 4.78 is 16.2. The van der Waals surface area contributed by atoms with Crippen molar-refractivity contribution in [1.82, 2.24) is 9.88 Å². The van der Waals surface area contributed by atoms with Crippen molar-refractivity contribution in [2.45, 2.75) is 19.6 Å². The van der Waals surface area contributed by atoms with Crippen LogP contribution in [-0.2, 0) is 11.3 Å². The zero-order valence-electron chi connectivity index (χ0n) is 18.6. The lowest BCUT2D eigenvalue weighted by atomic mass is 10.1. The van der Waals surface area contributed by atoms with Crippen LogP contribution in [0.3, 0.4) is 0 Å². The Morgan fingerprint density at radius 2 is 1.76 bits per heavy atom. The second kappa shape index (κ2) is 10.9. The molecule has 4 N–H and O–H groups in total. The molecule has 1 unspecified atom stereocenters. The second-order valence-electron chi connectivity index (χ2n) is 7.67.